The Morgan fingerprint density at radius 1 is 1.24 bits per heavy atom. The smallest absolute Gasteiger partial charge is 0.345 e. The Labute approximate surface area is 197 Å². The molecule has 2 saturated heterocycles. The Balaban J connectivity index is 1.58. The lowest BCUT2D eigenvalue weighted by Gasteiger charge is -2.46. The van der Waals surface area contributed by atoms with Crippen LogP contribution in [0.3, 0.4) is 0 Å². The molecule has 184 valence electrons. The molecule has 2 fully saturated rings. The van der Waals surface area contributed by atoms with Crippen LogP contribution in [0.1, 0.15) is 65.7 Å². The third-order valence-electron chi connectivity index (χ3n) is 7.74. The van der Waals surface area contributed by atoms with Gasteiger partial charge in [-0.15, -0.1) is 0 Å². The van der Waals surface area contributed by atoms with E-state index in [9.17, 15) is 15.0 Å². The lowest BCUT2D eigenvalue weighted by Crippen LogP contribution is -2.54. The molecule has 0 unspecified atom stereocenters. The average Bonchev–Trinajstić information content (AvgIpc) is 3.20. The van der Waals surface area contributed by atoms with Crippen LogP contribution in [0.15, 0.2) is 34.7 Å². The molecule has 33 heavy (non-hydrogen) atoms. The maximum absolute atomic E-state index is 12.2. The summed E-state index contributed by atoms with van der Waals surface area (Å²) in [7, 11) is 1.47. The van der Waals surface area contributed by atoms with Gasteiger partial charge in [-0.3, -0.25) is 4.90 Å². The van der Waals surface area contributed by atoms with Gasteiger partial charge >= 0.3 is 5.97 Å². The number of methoxy groups -OCH3 is 1. The van der Waals surface area contributed by atoms with Gasteiger partial charge in [0.05, 0.1) is 19.8 Å². The third-order valence-corrected chi connectivity index (χ3v) is 7.74. The summed E-state index contributed by atoms with van der Waals surface area (Å²) in [6, 6.07) is 0.446. The van der Waals surface area contributed by atoms with Gasteiger partial charge in [0.2, 0.25) is 5.76 Å². The Bertz CT molecular complexity index is 844. The van der Waals surface area contributed by atoms with Crippen LogP contribution in [0, 0.1) is 17.8 Å². The van der Waals surface area contributed by atoms with Crippen LogP contribution in [0.4, 0.5) is 0 Å². The number of hydrogen-bond acceptors (Lipinski definition) is 7. The first-order valence-electron chi connectivity index (χ1n) is 12.5. The number of rotatable bonds is 7. The van der Waals surface area contributed by atoms with Crippen LogP contribution < -0.4 is 0 Å². The zero-order valence-corrected chi connectivity index (χ0v) is 20.4. The van der Waals surface area contributed by atoms with Crippen LogP contribution in [-0.4, -0.2) is 59.5 Å². The van der Waals surface area contributed by atoms with Crippen molar-refractivity contribution in [2.45, 2.75) is 83.9 Å². The minimum atomic E-state index is -0.586. The van der Waals surface area contributed by atoms with Crippen LogP contribution in [0.2, 0.25) is 0 Å². The van der Waals surface area contributed by atoms with E-state index in [2.05, 4.69) is 31.7 Å². The van der Waals surface area contributed by atoms with E-state index in [0.29, 0.717) is 17.4 Å². The van der Waals surface area contributed by atoms with Crippen LogP contribution >= 0.6 is 0 Å². The molecule has 0 aromatic rings. The molecule has 4 heterocycles. The van der Waals surface area contributed by atoms with Crippen molar-refractivity contribution in [1.29, 1.82) is 0 Å². The van der Waals surface area contributed by atoms with Gasteiger partial charge in [-0.25, -0.2) is 4.79 Å². The fourth-order valence-electron chi connectivity index (χ4n) is 6.12. The van der Waals surface area contributed by atoms with Gasteiger partial charge in [0.25, 0.3) is 0 Å². The van der Waals surface area contributed by atoms with Gasteiger partial charge < -0.3 is 24.4 Å². The highest BCUT2D eigenvalue weighted by Gasteiger charge is 2.50. The second kappa shape index (κ2) is 10.2. The van der Waals surface area contributed by atoms with Crippen molar-refractivity contribution in [3.05, 3.63) is 34.7 Å². The topological polar surface area (TPSA) is 88.5 Å². The summed E-state index contributed by atoms with van der Waals surface area (Å²) in [5, 5.41) is 20.7. The first-order valence-corrected chi connectivity index (χ1v) is 12.5. The molecule has 2 N–H and O–H groups in total. The number of esters is 1. The van der Waals surface area contributed by atoms with E-state index < -0.39 is 12.6 Å². The van der Waals surface area contributed by atoms with Gasteiger partial charge in [-0.05, 0) is 37.7 Å². The number of nitrogens with zero attached hydrogens (tertiary/aromatic N) is 1. The monoisotopic (exact) mass is 461 g/mol. The van der Waals surface area contributed by atoms with Gasteiger partial charge in [-0.1, -0.05) is 40.0 Å². The summed E-state index contributed by atoms with van der Waals surface area (Å²) in [6.07, 6.45) is 8.93. The lowest BCUT2D eigenvalue weighted by molar-refractivity contribution is -0.133. The number of carbonyl (C=O) groups is 1. The standard InChI is InChI=1S/C26H39NO6/c1-15(2)8-5-11-20(29)18-9-6-10-19-22-16(3)23(32-21(22)12-7-13-27(18)19)25-24(31-4)17(14-28)26(30)33-25/h12,15-16,18-20,22,28-29H,5-11,13-14H2,1-4H3/b25-23+/t16-,18-,19-,20-,22+/m0/s1. The number of aliphatic hydroxyl groups excluding tert-OH is 2. The molecule has 4 rings (SSSR count). The zero-order valence-electron chi connectivity index (χ0n) is 20.4. The summed E-state index contributed by atoms with van der Waals surface area (Å²) in [5.41, 5.74) is 0.126. The predicted molar refractivity (Wildman–Crippen MR) is 124 cm³/mol. The number of piperidine rings is 1. The molecule has 4 aliphatic rings. The Hall–Kier alpha value is -1.83. The van der Waals surface area contributed by atoms with Gasteiger partial charge in [0.1, 0.15) is 11.3 Å². The maximum atomic E-state index is 12.2. The van der Waals surface area contributed by atoms with E-state index >= 15 is 0 Å². The molecule has 7 nitrogen and oxygen atoms in total. The van der Waals surface area contributed by atoms with Crippen molar-refractivity contribution < 1.29 is 29.2 Å². The molecule has 0 aromatic carbocycles. The van der Waals surface area contributed by atoms with Crippen molar-refractivity contribution in [3.8, 4) is 0 Å². The molecule has 0 aromatic heterocycles. The fourth-order valence-corrected chi connectivity index (χ4v) is 6.12. The van der Waals surface area contributed by atoms with E-state index in [1.54, 1.807) is 0 Å². The van der Waals surface area contributed by atoms with Crippen molar-refractivity contribution in [1.82, 2.24) is 4.90 Å². The number of allylic oxidation sites excluding steroid dienone is 1. The normalized spacial score (nSPS) is 33.3. The molecular weight excluding hydrogens is 422 g/mol. The number of cyclic esters (lactones) is 1. The van der Waals surface area contributed by atoms with E-state index in [-0.39, 0.29) is 41.4 Å². The van der Waals surface area contributed by atoms with E-state index in [1.807, 2.05) is 0 Å². The zero-order chi connectivity index (χ0) is 23.7. The highest BCUT2D eigenvalue weighted by atomic mass is 16.6. The molecule has 0 radical (unpaired) electrons. The lowest BCUT2D eigenvalue weighted by atomic mass is 9.79. The predicted octanol–water partition coefficient (Wildman–Crippen LogP) is 3.63. The first-order chi connectivity index (χ1) is 15.9. The number of hydrogen-bond donors (Lipinski definition) is 2. The highest BCUT2D eigenvalue weighted by Crippen LogP contribution is 2.49. The van der Waals surface area contributed by atoms with Crippen LogP contribution in [-0.2, 0) is 19.0 Å². The Morgan fingerprint density at radius 2 is 2.03 bits per heavy atom. The summed E-state index contributed by atoms with van der Waals surface area (Å²) in [4.78, 5) is 14.8. The molecule has 7 heteroatoms. The summed E-state index contributed by atoms with van der Waals surface area (Å²) in [6.45, 7) is 7.05. The molecule has 5 atom stereocenters. The number of ether oxygens (including phenoxy) is 3. The highest BCUT2D eigenvalue weighted by molar-refractivity contribution is 5.94. The summed E-state index contributed by atoms with van der Waals surface area (Å²) < 4.78 is 17.2. The second-order valence-electron chi connectivity index (χ2n) is 10.3. The number of carbonyl (C=O) groups excluding carboxylic acids is 1. The molecular formula is C26H39NO6. The third kappa shape index (κ3) is 4.60. The second-order valence-corrected chi connectivity index (χ2v) is 10.3. The van der Waals surface area contributed by atoms with E-state index in [0.717, 1.165) is 57.2 Å². The van der Waals surface area contributed by atoms with Gasteiger partial charge in [0.15, 0.2) is 11.5 Å². The van der Waals surface area contributed by atoms with Gasteiger partial charge in [-0.2, -0.15) is 0 Å². The van der Waals surface area contributed by atoms with Crippen LogP contribution in [0.5, 0.6) is 0 Å². The van der Waals surface area contributed by atoms with Crippen molar-refractivity contribution in [3.63, 3.8) is 0 Å². The molecule has 4 aliphatic heterocycles. The quantitative estimate of drug-likeness (QED) is 0.560. The Morgan fingerprint density at radius 3 is 2.73 bits per heavy atom. The molecule has 0 bridgehead atoms. The fraction of sp³-hybridized carbons (Fsp3) is 0.731. The minimum absolute atomic E-state index is 0.00956. The largest absolute Gasteiger partial charge is 0.492 e. The molecule has 0 aliphatic carbocycles. The molecule has 0 spiro atoms. The van der Waals surface area contributed by atoms with Crippen molar-refractivity contribution in [2.75, 3.05) is 20.3 Å². The number of aliphatic hydroxyl groups is 2. The SMILES string of the molecule is COC1=C(CO)C(=O)O/C1=C1/OC2=CCCN3[C@@H](CCC[C@H]3[C@@H](O)CCCC(C)C)[C@H]2[C@@H]1C. The minimum Gasteiger partial charge on any atom is -0.492 e. The van der Waals surface area contributed by atoms with E-state index in [1.165, 1.54) is 7.11 Å². The number of fused-ring (bicyclic) bond motifs is 3. The molecule has 0 amide bonds. The first kappa shape index (κ1) is 24.3. The Kier molecular flexibility index (Phi) is 7.51. The van der Waals surface area contributed by atoms with Crippen molar-refractivity contribution in [2.24, 2.45) is 17.8 Å². The van der Waals surface area contributed by atoms with E-state index in [4.69, 9.17) is 14.2 Å². The summed E-state index contributed by atoms with van der Waals surface area (Å²) >= 11 is 0. The van der Waals surface area contributed by atoms with Crippen LogP contribution in [0.25, 0.3) is 0 Å². The average molecular weight is 462 g/mol. The van der Waals surface area contributed by atoms with Gasteiger partial charge in [0, 0.05) is 30.5 Å². The molecule has 0 saturated carbocycles. The summed E-state index contributed by atoms with van der Waals surface area (Å²) in [5.74, 6) is 2.28. The van der Waals surface area contributed by atoms with Crippen molar-refractivity contribution >= 4 is 5.97 Å². The maximum Gasteiger partial charge on any atom is 0.345 e.